The lowest BCUT2D eigenvalue weighted by atomic mass is 9.93. The third-order valence-corrected chi connectivity index (χ3v) is 5.90. The number of quaternary nitrogens is 1. The molecule has 0 fully saturated rings. The van der Waals surface area contributed by atoms with Gasteiger partial charge in [0.15, 0.2) is 5.69 Å². The molecule has 0 saturated carbocycles. The van der Waals surface area contributed by atoms with Gasteiger partial charge in [-0.1, -0.05) is 60.7 Å². The van der Waals surface area contributed by atoms with Gasteiger partial charge in [0.05, 0.1) is 6.61 Å². The van der Waals surface area contributed by atoms with Crippen LogP contribution in [-0.4, -0.2) is 29.7 Å². The van der Waals surface area contributed by atoms with Gasteiger partial charge in [0.2, 0.25) is 5.91 Å². The molecule has 7 heteroatoms. The number of nitrogens with one attached hydrogen (secondary N) is 2. The van der Waals surface area contributed by atoms with Crippen molar-refractivity contribution in [1.29, 1.82) is 0 Å². The summed E-state index contributed by atoms with van der Waals surface area (Å²) in [5.41, 5.74) is 5.36. The van der Waals surface area contributed by atoms with Gasteiger partial charge in [0.1, 0.15) is 6.04 Å². The molecule has 3 aromatic carbocycles. The quantitative estimate of drug-likeness (QED) is 0.365. The zero-order valence-electron chi connectivity index (χ0n) is 18.3. The summed E-state index contributed by atoms with van der Waals surface area (Å²) < 4.78 is 5.17. The van der Waals surface area contributed by atoms with Crippen molar-refractivity contribution in [2.75, 3.05) is 6.61 Å². The second-order valence-electron chi connectivity index (χ2n) is 8.01. The van der Waals surface area contributed by atoms with Gasteiger partial charge in [-0.2, -0.15) is 5.23 Å². The van der Waals surface area contributed by atoms with Crippen LogP contribution in [-0.2, 0) is 20.7 Å². The fourth-order valence-corrected chi connectivity index (χ4v) is 4.37. The smallest absolute Gasteiger partial charge is 0.328 e. The molecule has 33 heavy (non-hydrogen) atoms. The Morgan fingerprint density at radius 3 is 2.12 bits per heavy atom. The Labute approximate surface area is 192 Å². The molecule has 0 saturated heterocycles. The molecule has 3 N–H and O–H groups in total. The van der Waals surface area contributed by atoms with Crippen LogP contribution >= 0.6 is 0 Å². The Hall–Kier alpha value is -3.52. The van der Waals surface area contributed by atoms with E-state index in [0.717, 1.165) is 27.8 Å². The van der Waals surface area contributed by atoms with Crippen molar-refractivity contribution >= 4 is 17.6 Å². The Bertz CT molecular complexity index is 1100. The van der Waals surface area contributed by atoms with Crippen molar-refractivity contribution in [2.45, 2.75) is 31.7 Å². The van der Waals surface area contributed by atoms with Crippen molar-refractivity contribution in [3.8, 4) is 11.1 Å². The van der Waals surface area contributed by atoms with Crippen molar-refractivity contribution < 1.29 is 24.8 Å². The maximum Gasteiger partial charge on any atom is 0.328 e. The number of hydrogen-bond acceptors (Lipinski definition) is 5. The van der Waals surface area contributed by atoms with Gasteiger partial charge in [-0.15, -0.1) is 0 Å². The number of benzene rings is 3. The molecule has 0 heterocycles. The van der Waals surface area contributed by atoms with Gasteiger partial charge in [-0.05, 0) is 34.7 Å². The number of carbonyl (C=O) groups excluding carboxylic acids is 2. The molecule has 0 spiro atoms. The molecule has 7 nitrogen and oxygen atoms in total. The van der Waals surface area contributed by atoms with E-state index in [9.17, 15) is 14.8 Å². The third-order valence-electron chi connectivity index (χ3n) is 5.90. The summed E-state index contributed by atoms with van der Waals surface area (Å²) >= 11 is 0. The number of hydrogen-bond donors (Lipinski definition) is 3. The van der Waals surface area contributed by atoms with Crippen molar-refractivity contribution in [3.05, 3.63) is 94.7 Å². The van der Waals surface area contributed by atoms with E-state index in [1.54, 1.807) is 19.1 Å². The minimum atomic E-state index is -1.02. The summed E-state index contributed by atoms with van der Waals surface area (Å²) in [4.78, 5) is 25.6. The van der Waals surface area contributed by atoms with Crippen molar-refractivity contribution in [3.63, 3.8) is 0 Å². The Balaban J connectivity index is 1.51. The minimum Gasteiger partial charge on any atom is -0.595 e. The second kappa shape index (κ2) is 9.95. The molecule has 0 radical (unpaired) electrons. The zero-order chi connectivity index (χ0) is 23.4. The number of rotatable bonds is 8. The third kappa shape index (κ3) is 4.96. The molecule has 4 rings (SSSR count). The highest BCUT2D eigenvalue weighted by Crippen LogP contribution is 2.45. The van der Waals surface area contributed by atoms with E-state index in [1.165, 1.54) is 12.1 Å². The highest BCUT2D eigenvalue weighted by Gasteiger charge is 2.31. The van der Waals surface area contributed by atoms with Gasteiger partial charge in [0, 0.05) is 30.9 Å². The van der Waals surface area contributed by atoms with Crippen LogP contribution in [0.15, 0.2) is 72.8 Å². The summed E-state index contributed by atoms with van der Waals surface area (Å²) in [5.74, 6) is -0.845. The normalized spacial score (nSPS) is 14.2. The molecule has 2 atom stereocenters. The molecule has 1 amide bonds. The first-order valence-corrected chi connectivity index (χ1v) is 10.9. The van der Waals surface area contributed by atoms with Crippen LogP contribution in [0.1, 0.15) is 36.0 Å². The lowest BCUT2D eigenvalue weighted by Crippen LogP contribution is -2.99. The summed E-state index contributed by atoms with van der Waals surface area (Å²) in [7, 11) is 0. The predicted octanol–water partition coefficient (Wildman–Crippen LogP) is 2.88. The predicted molar refractivity (Wildman–Crippen MR) is 123 cm³/mol. The van der Waals surface area contributed by atoms with Crippen LogP contribution in [0.3, 0.4) is 0 Å². The Morgan fingerprint density at radius 1 is 1.00 bits per heavy atom. The fraction of sp³-hybridized carbons (Fsp3) is 0.231. The van der Waals surface area contributed by atoms with E-state index >= 15 is 0 Å². The zero-order valence-corrected chi connectivity index (χ0v) is 18.3. The van der Waals surface area contributed by atoms with Crippen LogP contribution in [0.2, 0.25) is 0 Å². The molecule has 3 aromatic rings. The number of esters is 1. The Morgan fingerprint density at radius 2 is 1.58 bits per heavy atom. The van der Waals surface area contributed by atoms with Crippen LogP contribution < -0.4 is 10.5 Å². The minimum absolute atomic E-state index is 0.0879. The number of fused-ring (bicyclic) bond motifs is 3. The summed E-state index contributed by atoms with van der Waals surface area (Å²) in [6, 6.07) is 21.5. The van der Waals surface area contributed by atoms with Crippen LogP contribution in [0, 0.1) is 5.21 Å². The van der Waals surface area contributed by atoms with E-state index in [4.69, 9.17) is 9.94 Å². The number of amides is 1. The average Bonchev–Trinajstić information content (AvgIpc) is 3.13. The summed E-state index contributed by atoms with van der Waals surface area (Å²) in [6.45, 7) is 1.91. The average molecular weight is 447 g/mol. The topological polar surface area (TPSA) is 103 Å². The maximum atomic E-state index is 13.1. The van der Waals surface area contributed by atoms with E-state index < -0.39 is 17.2 Å². The molecule has 1 aliphatic carbocycles. The van der Waals surface area contributed by atoms with Crippen molar-refractivity contribution in [1.82, 2.24) is 5.32 Å². The highest BCUT2D eigenvalue weighted by molar-refractivity contribution is 5.87. The first-order chi connectivity index (χ1) is 16.0. The summed E-state index contributed by atoms with van der Waals surface area (Å²) in [5, 5.41) is 22.0. The lowest BCUT2D eigenvalue weighted by molar-refractivity contribution is -0.991. The fourth-order valence-electron chi connectivity index (χ4n) is 4.37. The first kappa shape index (κ1) is 22.7. The van der Waals surface area contributed by atoms with E-state index in [2.05, 4.69) is 17.4 Å². The largest absolute Gasteiger partial charge is 0.595 e. The molecule has 170 valence electrons. The maximum absolute atomic E-state index is 13.1. The SMILES string of the molecule is CCOC(=O)C(Cc1ccc([NH+]([O-])O)cc1)NC(=O)CC1c2ccccc2-c2ccccc21. The van der Waals surface area contributed by atoms with Crippen LogP contribution in [0.25, 0.3) is 11.1 Å². The van der Waals surface area contributed by atoms with Crippen LogP contribution in [0.4, 0.5) is 5.69 Å². The van der Waals surface area contributed by atoms with Gasteiger partial charge in [-0.25, -0.2) is 10.0 Å². The highest BCUT2D eigenvalue weighted by atomic mass is 16.8. The Kier molecular flexibility index (Phi) is 6.84. The number of carbonyl (C=O) groups is 2. The standard InChI is InChI=1S/C26H26N2O5/c1-2-33-26(30)24(15-17-11-13-18(14-12-17)28(31)32)27-25(29)16-23-21-9-5-3-7-19(21)20-8-4-6-10-22(20)23/h3-14,23-24,28,31H,2,15-16H2,1H3,(H,27,29). The molecule has 0 bridgehead atoms. The summed E-state index contributed by atoms with van der Waals surface area (Å²) in [6.07, 6.45) is 0.421. The van der Waals surface area contributed by atoms with Gasteiger partial charge in [-0.3, -0.25) is 4.79 Å². The van der Waals surface area contributed by atoms with Gasteiger partial charge >= 0.3 is 5.97 Å². The van der Waals surface area contributed by atoms with Crippen LogP contribution in [0.5, 0.6) is 0 Å². The van der Waals surface area contributed by atoms with E-state index in [-0.39, 0.29) is 37.0 Å². The second-order valence-corrected chi connectivity index (χ2v) is 8.01. The monoisotopic (exact) mass is 446 g/mol. The van der Waals surface area contributed by atoms with Gasteiger partial charge < -0.3 is 15.3 Å². The molecular weight excluding hydrogens is 420 g/mol. The number of ether oxygens (including phenoxy) is 1. The first-order valence-electron chi connectivity index (χ1n) is 10.9. The van der Waals surface area contributed by atoms with E-state index in [1.807, 2.05) is 36.4 Å². The molecular formula is C26H26N2O5. The van der Waals surface area contributed by atoms with E-state index in [0.29, 0.717) is 0 Å². The molecule has 1 aliphatic rings. The molecule has 2 unspecified atom stereocenters. The molecule has 0 aromatic heterocycles. The molecule has 0 aliphatic heterocycles. The lowest BCUT2D eigenvalue weighted by Gasteiger charge is -2.20. The van der Waals surface area contributed by atoms with Crippen molar-refractivity contribution in [2.24, 2.45) is 0 Å². The van der Waals surface area contributed by atoms with Gasteiger partial charge in [0.25, 0.3) is 0 Å².